The number of carbonyl (C=O) groups excluding carboxylic acids is 1. The highest BCUT2D eigenvalue weighted by Crippen LogP contribution is 2.21. The number of hydrogen-bond donors (Lipinski definition) is 2. The van der Waals surface area contributed by atoms with E-state index in [9.17, 15) is 4.79 Å². The number of anilines is 1. The summed E-state index contributed by atoms with van der Waals surface area (Å²) in [6.45, 7) is 1.98. The van der Waals surface area contributed by atoms with Gasteiger partial charge in [0.2, 0.25) is 0 Å². The molecule has 0 bridgehead atoms. The molecule has 0 saturated heterocycles. The second kappa shape index (κ2) is 6.30. The second-order valence-electron chi connectivity index (χ2n) is 4.45. The lowest BCUT2D eigenvalue weighted by Gasteiger charge is -2.13. The summed E-state index contributed by atoms with van der Waals surface area (Å²) in [4.78, 5) is 12.5. The molecule has 4 heteroatoms. The quantitative estimate of drug-likeness (QED) is 0.671. The van der Waals surface area contributed by atoms with Crippen LogP contribution in [0, 0.1) is 6.92 Å². The molecule has 2 aromatic rings. The second-order valence-corrected chi connectivity index (χ2v) is 4.86. The van der Waals surface area contributed by atoms with Crippen LogP contribution < -0.4 is 10.6 Å². The summed E-state index contributed by atoms with van der Waals surface area (Å²) in [5.41, 5.74) is 3.06. The molecule has 0 amide bonds. The third-order valence-electron chi connectivity index (χ3n) is 2.93. The molecular formula is C16H16N2OS. The first-order valence-corrected chi connectivity index (χ1v) is 6.72. The molecule has 0 unspecified atom stereocenters. The van der Waals surface area contributed by atoms with Crippen LogP contribution in [-0.2, 0) is 0 Å². The third kappa shape index (κ3) is 3.22. The third-order valence-corrected chi connectivity index (χ3v) is 3.24. The van der Waals surface area contributed by atoms with Gasteiger partial charge in [0.1, 0.15) is 0 Å². The van der Waals surface area contributed by atoms with Gasteiger partial charge in [-0.05, 0) is 36.8 Å². The van der Waals surface area contributed by atoms with E-state index in [1.807, 2.05) is 55.5 Å². The molecule has 3 nitrogen and oxygen atoms in total. The molecule has 0 aliphatic carbocycles. The highest BCUT2D eigenvalue weighted by molar-refractivity contribution is 7.80. The number of nitrogens with one attached hydrogen (secondary N) is 2. The highest BCUT2D eigenvalue weighted by Gasteiger charge is 2.14. The van der Waals surface area contributed by atoms with Crippen molar-refractivity contribution in [2.75, 3.05) is 12.4 Å². The maximum Gasteiger partial charge on any atom is 0.195 e. The Hall–Kier alpha value is -2.20. The summed E-state index contributed by atoms with van der Waals surface area (Å²) < 4.78 is 0. The Morgan fingerprint density at radius 3 is 2.45 bits per heavy atom. The van der Waals surface area contributed by atoms with Crippen LogP contribution in [0.5, 0.6) is 0 Å². The van der Waals surface area contributed by atoms with Crippen LogP contribution in [0.3, 0.4) is 0 Å². The van der Waals surface area contributed by atoms with Crippen LogP contribution in [0.25, 0.3) is 0 Å². The van der Waals surface area contributed by atoms with E-state index in [4.69, 9.17) is 12.2 Å². The maximum absolute atomic E-state index is 12.5. The normalized spacial score (nSPS) is 9.90. The molecule has 0 spiro atoms. The van der Waals surface area contributed by atoms with Crippen LogP contribution in [0.1, 0.15) is 21.5 Å². The summed E-state index contributed by atoms with van der Waals surface area (Å²) in [6, 6.07) is 14.9. The molecule has 0 aliphatic heterocycles. The number of benzene rings is 2. The van der Waals surface area contributed by atoms with Gasteiger partial charge in [-0.1, -0.05) is 36.4 Å². The number of ketones is 1. The van der Waals surface area contributed by atoms with E-state index in [0.29, 0.717) is 16.2 Å². The van der Waals surface area contributed by atoms with E-state index in [2.05, 4.69) is 10.6 Å². The van der Waals surface area contributed by atoms with Gasteiger partial charge in [0, 0.05) is 18.2 Å². The lowest BCUT2D eigenvalue weighted by atomic mass is 10.0. The molecule has 2 rings (SSSR count). The topological polar surface area (TPSA) is 41.1 Å². The Morgan fingerprint density at radius 2 is 1.80 bits per heavy atom. The molecule has 0 heterocycles. The predicted molar refractivity (Wildman–Crippen MR) is 86.3 cm³/mol. The van der Waals surface area contributed by atoms with Gasteiger partial charge in [-0.3, -0.25) is 4.79 Å². The lowest BCUT2D eigenvalue weighted by molar-refractivity contribution is 0.103. The summed E-state index contributed by atoms with van der Waals surface area (Å²) >= 11 is 5.11. The van der Waals surface area contributed by atoms with E-state index in [-0.39, 0.29) is 5.78 Å². The summed E-state index contributed by atoms with van der Waals surface area (Å²) in [7, 11) is 1.74. The lowest BCUT2D eigenvalue weighted by Crippen LogP contribution is -2.25. The zero-order chi connectivity index (χ0) is 14.5. The van der Waals surface area contributed by atoms with Crippen molar-refractivity contribution in [1.29, 1.82) is 0 Å². The zero-order valence-corrected chi connectivity index (χ0v) is 12.3. The van der Waals surface area contributed by atoms with Crippen molar-refractivity contribution < 1.29 is 4.79 Å². The van der Waals surface area contributed by atoms with Crippen molar-refractivity contribution in [2.45, 2.75) is 6.92 Å². The van der Waals surface area contributed by atoms with Gasteiger partial charge < -0.3 is 10.6 Å². The molecule has 0 aromatic heterocycles. The fourth-order valence-electron chi connectivity index (χ4n) is 1.89. The fourth-order valence-corrected chi connectivity index (χ4v) is 2.00. The predicted octanol–water partition coefficient (Wildman–Crippen LogP) is 3.14. The minimum Gasteiger partial charge on any atom is -0.366 e. The molecule has 0 radical (unpaired) electrons. The standard InChI is InChI=1S/C16H16N2OS/c1-11-8-9-13(14(10-11)18-16(20)17-2)15(19)12-6-4-3-5-7-12/h3-10H,1-2H3,(H2,17,18,20). The Bertz CT molecular complexity index is 638. The van der Waals surface area contributed by atoms with E-state index < -0.39 is 0 Å². The highest BCUT2D eigenvalue weighted by atomic mass is 32.1. The number of rotatable bonds is 3. The summed E-state index contributed by atoms with van der Waals surface area (Å²) in [5.74, 6) is -0.0213. The average molecular weight is 284 g/mol. The number of hydrogen-bond acceptors (Lipinski definition) is 2. The van der Waals surface area contributed by atoms with Crippen LogP contribution in [-0.4, -0.2) is 17.9 Å². The molecule has 2 aromatic carbocycles. The minimum absolute atomic E-state index is 0.0213. The van der Waals surface area contributed by atoms with E-state index in [0.717, 1.165) is 11.3 Å². The molecule has 0 atom stereocenters. The van der Waals surface area contributed by atoms with Crippen molar-refractivity contribution >= 4 is 28.8 Å². The first kappa shape index (κ1) is 14.2. The maximum atomic E-state index is 12.5. The molecular weight excluding hydrogens is 268 g/mol. The molecule has 0 aliphatic rings. The first-order valence-electron chi connectivity index (χ1n) is 6.31. The Labute approximate surface area is 124 Å². The van der Waals surface area contributed by atoms with Crippen LogP contribution >= 0.6 is 12.2 Å². The molecule has 0 fully saturated rings. The Balaban J connectivity index is 2.40. The van der Waals surface area contributed by atoms with Crippen LogP contribution in [0.2, 0.25) is 0 Å². The van der Waals surface area contributed by atoms with E-state index >= 15 is 0 Å². The smallest absolute Gasteiger partial charge is 0.195 e. The molecule has 0 saturated carbocycles. The molecule has 2 N–H and O–H groups in total. The number of carbonyl (C=O) groups is 1. The fraction of sp³-hybridized carbons (Fsp3) is 0.125. The molecule has 102 valence electrons. The van der Waals surface area contributed by atoms with Gasteiger partial charge in [-0.25, -0.2) is 0 Å². The van der Waals surface area contributed by atoms with E-state index in [1.165, 1.54) is 0 Å². The van der Waals surface area contributed by atoms with Gasteiger partial charge in [0.05, 0.1) is 5.69 Å². The van der Waals surface area contributed by atoms with Crippen LogP contribution in [0.15, 0.2) is 48.5 Å². The zero-order valence-electron chi connectivity index (χ0n) is 11.4. The average Bonchev–Trinajstić information content (AvgIpc) is 2.47. The van der Waals surface area contributed by atoms with Crippen molar-refractivity contribution in [1.82, 2.24) is 5.32 Å². The summed E-state index contributed by atoms with van der Waals surface area (Å²) in [5, 5.41) is 6.38. The summed E-state index contributed by atoms with van der Waals surface area (Å²) in [6.07, 6.45) is 0. The number of aryl methyl sites for hydroxylation is 1. The van der Waals surface area contributed by atoms with E-state index in [1.54, 1.807) is 7.05 Å². The molecule has 20 heavy (non-hydrogen) atoms. The van der Waals surface area contributed by atoms with Gasteiger partial charge in [-0.2, -0.15) is 0 Å². The largest absolute Gasteiger partial charge is 0.366 e. The van der Waals surface area contributed by atoms with Crippen molar-refractivity contribution in [3.8, 4) is 0 Å². The van der Waals surface area contributed by atoms with Gasteiger partial charge in [0.25, 0.3) is 0 Å². The first-order chi connectivity index (χ1) is 9.61. The Kier molecular flexibility index (Phi) is 4.48. The van der Waals surface area contributed by atoms with Crippen molar-refractivity contribution in [3.63, 3.8) is 0 Å². The van der Waals surface area contributed by atoms with Gasteiger partial charge >= 0.3 is 0 Å². The van der Waals surface area contributed by atoms with Crippen molar-refractivity contribution in [3.05, 3.63) is 65.2 Å². The van der Waals surface area contributed by atoms with Crippen molar-refractivity contribution in [2.24, 2.45) is 0 Å². The monoisotopic (exact) mass is 284 g/mol. The minimum atomic E-state index is -0.0213. The SMILES string of the molecule is CNC(=S)Nc1cc(C)ccc1C(=O)c1ccccc1. The van der Waals surface area contributed by atoms with Crippen LogP contribution in [0.4, 0.5) is 5.69 Å². The van der Waals surface area contributed by atoms with Gasteiger partial charge in [0.15, 0.2) is 10.9 Å². The Morgan fingerprint density at radius 1 is 1.10 bits per heavy atom. The number of thiocarbonyl (C=S) groups is 1. The van der Waals surface area contributed by atoms with Gasteiger partial charge in [-0.15, -0.1) is 0 Å².